The van der Waals surface area contributed by atoms with Gasteiger partial charge in [-0.1, -0.05) is 26.3 Å². The summed E-state index contributed by atoms with van der Waals surface area (Å²) >= 11 is 0. The van der Waals surface area contributed by atoms with Crippen molar-refractivity contribution in [2.75, 3.05) is 12.3 Å². The van der Waals surface area contributed by atoms with Gasteiger partial charge < -0.3 is 15.0 Å². The van der Waals surface area contributed by atoms with E-state index in [1.165, 1.54) is 0 Å². The SMILES string of the molecule is CCCOc1cccc2c1nc(N)n2C(C)CCC. The second-order valence-corrected chi connectivity index (χ2v) is 4.95. The molecule has 0 saturated carbocycles. The van der Waals surface area contributed by atoms with E-state index < -0.39 is 0 Å². The molecule has 4 nitrogen and oxygen atoms in total. The van der Waals surface area contributed by atoms with Crippen LogP contribution in [-0.2, 0) is 0 Å². The molecule has 0 fully saturated rings. The number of nitrogens with zero attached hydrogens (tertiary/aromatic N) is 2. The maximum Gasteiger partial charge on any atom is 0.201 e. The van der Waals surface area contributed by atoms with Crippen LogP contribution in [0.25, 0.3) is 11.0 Å². The molecular weight excluding hydrogens is 238 g/mol. The predicted molar refractivity (Wildman–Crippen MR) is 79.6 cm³/mol. The maximum atomic E-state index is 6.08. The van der Waals surface area contributed by atoms with E-state index in [1.54, 1.807) is 0 Å². The van der Waals surface area contributed by atoms with Gasteiger partial charge in [-0.25, -0.2) is 4.98 Å². The number of hydrogen-bond acceptors (Lipinski definition) is 3. The zero-order chi connectivity index (χ0) is 13.8. The van der Waals surface area contributed by atoms with Crippen LogP contribution in [0.15, 0.2) is 18.2 Å². The van der Waals surface area contributed by atoms with Gasteiger partial charge in [-0.2, -0.15) is 0 Å². The van der Waals surface area contributed by atoms with Gasteiger partial charge in [0.15, 0.2) is 0 Å². The highest BCUT2D eigenvalue weighted by atomic mass is 16.5. The number of fused-ring (bicyclic) bond motifs is 1. The van der Waals surface area contributed by atoms with Gasteiger partial charge in [0.25, 0.3) is 0 Å². The molecule has 2 aromatic rings. The number of nitrogen functional groups attached to an aromatic ring is 1. The largest absolute Gasteiger partial charge is 0.491 e. The highest BCUT2D eigenvalue weighted by Crippen LogP contribution is 2.30. The van der Waals surface area contributed by atoms with Gasteiger partial charge >= 0.3 is 0 Å². The first-order chi connectivity index (χ1) is 9.19. The lowest BCUT2D eigenvalue weighted by molar-refractivity contribution is 0.320. The molecule has 2 N–H and O–H groups in total. The van der Waals surface area contributed by atoms with Gasteiger partial charge in [0.2, 0.25) is 5.95 Å². The highest BCUT2D eigenvalue weighted by molar-refractivity contribution is 5.84. The molecule has 104 valence electrons. The van der Waals surface area contributed by atoms with E-state index in [2.05, 4.69) is 36.4 Å². The minimum atomic E-state index is 0.358. The van der Waals surface area contributed by atoms with Gasteiger partial charge in [0.05, 0.1) is 12.1 Å². The number of nitrogens with two attached hydrogens (primary N) is 1. The average Bonchev–Trinajstić information content (AvgIpc) is 2.73. The third kappa shape index (κ3) is 2.67. The van der Waals surface area contributed by atoms with E-state index in [9.17, 15) is 0 Å². The van der Waals surface area contributed by atoms with Crippen molar-refractivity contribution in [3.8, 4) is 5.75 Å². The molecule has 1 heterocycles. The first-order valence-electron chi connectivity index (χ1n) is 7.08. The Morgan fingerprint density at radius 3 is 2.79 bits per heavy atom. The summed E-state index contributed by atoms with van der Waals surface area (Å²) in [6.45, 7) is 7.16. The Bertz CT molecular complexity index is 548. The van der Waals surface area contributed by atoms with Crippen LogP contribution in [0.4, 0.5) is 5.95 Å². The number of benzene rings is 1. The molecule has 0 bridgehead atoms. The lowest BCUT2D eigenvalue weighted by atomic mass is 10.2. The van der Waals surface area contributed by atoms with E-state index in [-0.39, 0.29) is 0 Å². The normalized spacial score (nSPS) is 12.8. The molecule has 2 rings (SSSR count). The molecule has 0 saturated heterocycles. The lowest BCUT2D eigenvalue weighted by Crippen LogP contribution is -2.08. The van der Waals surface area contributed by atoms with Crippen LogP contribution in [-0.4, -0.2) is 16.2 Å². The van der Waals surface area contributed by atoms with Crippen LogP contribution in [0.1, 0.15) is 46.1 Å². The number of anilines is 1. The van der Waals surface area contributed by atoms with Gasteiger partial charge in [0.1, 0.15) is 11.3 Å². The fourth-order valence-corrected chi connectivity index (χ4v) is 2.45. The van der Waals surface area contributed by atoms with Crippen molar-refractivity contribution < 1.29 is 4.74 Å². The minimum absolute atomic E-state index is 0.358. The van der Waals surface area contributed by atoms with Gasteiger partial charge in [-0.3, -0.25) is 0 Å². The zero-order valence-electron chi connectivity index (χ0n) is 12.0. The Labute approximate surface area is 114 Å². The third-order valence-corrected chi connectivity index (χ3v) is 3.32. The van der Waals surface area contributed by atoms with Crippen molar-refractivity contribution in [3.05, 3.63) is 18.2 Å². The molecule has 1 aromatic heterocycles. The quantitative estimate of drug-likeness (QED) is 0.861. The average molecular weight is 261 g/mol. The van der Waals surface area contributed by atoms with Crippen LogP contribution in [0.5, 0.6) is 5.75 Å². The Hall–Kier alpha value is -1.71. The molecule has 0 aliphatic rings. The van der Waals surface area contributed by atoms with Crippen molar-refractivity contribution in [1.82, 2.24) is 9.55 Å². The fraction of sp³-hybridized carbons (Fsp3) is 0.533. The second kappa shape index (κ2) is 5.95. The van der Waals surface area contributed by atoms with Gasteiger partial charge in [-0.15, -0.1) is 0 Å². The van der Waals surface area contributed by atoms with Crippen LogP contribution < -0.4 is 10.5 Å². The summed E-state index contributed by atoms with van der Waals surface area (Å²) in [7, 11) is 0. The molecule has 0 radical (unpaired) electrons. The van der Waals surface area contributed by atoms with E-state index >= 15 is 0 Å². The van der Waals surface area contributed by atoms with Crippen LogP contribution >= 0.6 is 0 Å². The Balaban J connectivity index is 2.46. The highest BCUT2D eigenvalue weighted by Gasteiger charge is 2.16. The van der Waals surface area contributed by atoms with Crippen molar-refractivity contribution in [1.29, 1.82) is 0 Å². The molecule has 0 aliphatic carbocycles. The fourth-order valence-electron chi connectivity index (χ4n) is 2.45. The first kappa shape index (κ1) is 13.7. The number of ether oxygens (including phenoxy) is 1. The maximum absolute atomic E-state index is 6.08. The smallest absolute Gasteiger partial charge is 0.201 e. The second-order valence-electron chi connectivity index (χ2n) is 4.95. The molecule has 19 heavy (non-hydrogen) atoms. The number of aromatic nitrogens is 2. The monoisotopic (exact) mass is 261 g/mol. The molecule has 0 spiro atoms. The Kier molecular flexibility index (Phi) is 4.30. The first-order valence-corrected chi connectivity index (χ1v) is 7.08. The molecule has 0 amide bonds. The number of rotatable bonds is 6. The minimum Gasteiger partial charge on any atom is -0.491 e. The van der Waals surface area contributed by atoms with Crippen LogP contribution in [0.3, 0.4) is 0 Å². The molecule has 1 aromatic carbocycles. The van der Waals surface area contributed by atoms with Crippen LogP contribution in [0, 0.1) is 0 Å². The molecule has 1 atom stereocenters. The van der Waals surface area contributed by atoms with E-state index in [0.29, 0.717) is 18.6 Å². The summed E-state index contributed by atoms with van der Waals surface area (Å²) < 4.78 is 7.85. The lowest BCUT2D eigenvalue weighted by Gasteiger charge is -2.15. The topological polar surface area (TPSA) is 53.1 Å². The van der Waals surface area contributed by atoms with E-state index in [0.717, 1.165) is 36.0 Å². The number of hydrogen-bond donors (Lipinski definition) is 1. The van der Waals surface area contributed by atoms with E-state index in [1.807, 2.05) is 12.1 Å². The summed E-state index contributed by atoms with van der Waals surface area (Å²) in [5.41, 5.74) is 8.01. The molecule has 1 unspecified atom stereocenters. The summed E-state index contributed by atoms with van der Waals surface area (Å²) in [5, 5.41) is 0. The summed E-state index contributed by atoms with van der Waals surface area (Å²) in [6, 6.07) is 6.38. The van der Waals surface area contributed by atoms with E-state index in [4.69, 9.17) is 10.5 Å². The van der Waals surface area contributed by atoms with Crippen molar-refractivity contribution >= 4 is 17.0 Å². The molecule has 4 heteroatoms. The molecule has 0 aliphatic heterocycles. The summed E-state index contributed by atoms with van der Waals surface area (Å²) in [4.78, 5) is 4.49. The van der Waals surface area contributed by atoms with Gasteiger partial charge in [-0.05, 0) is 31.9 Å². The van der Waals surface area contributed by atoms with Crippen LogP contribution in [0.2, 0.25) is 0 Å². The Morgan fingerprint density at radius 2 is 2.11 bits per heavy atom. The summed E-state index contributed by atoms with van der Waals surface area (Å²) in [6.07, 6.45) is 3.21. The van der Waals surface area contributed by atoms with Gasteiger partial charge in [0, 0.05) is 6.04 Å². The molecular formula is C15H23N3O. The summed E-state index contributed by atoms with van der Waals surface area (Å²) in [5.74, 6) is 1.40. The van der Waals surface area contributed by atoms with Crippen molar-refractivity contribution in [3.63, 3.8) is 0 Å². The third-order valence-electron chi connectivity index (χ3n) is 3.32. The number of para-hydroxylation sites is 1. The predicted octanol–water partition coefficient (Wildman–Crippen LogP) is 3.77. The van der Waals surface area contributed by atoms with Crippen molar-refractivity contribution in [2.24, 2.45) is 0 Å². The Morgan fingerprint density at radius 1 is 1.32 bits per heavy atom. The zero-order valence-corrected chi connectivity index (χ0v) is 12.0. The standard InChI is InChI=1S/C15H23N3O/c1-4-7-11(3)18-12-8-6-9-13(19-10-5-2)14(12)17-15(18)16/h6,8-9,11H,4-5,7,10H2,1-3H3,(H2,16,17). The van der Waals surface area contributed by atoms with Crippen molar-refractivity contribution in [2.45, 2.75) is 46.1 Å². The number of imidazole rings is 1.